The van der Waals surface area contributed by atoms with Crippen LogP contribution in [0.15, 0.2) is 0 Å². The van der Waals surface area contributed by atoms with Crippen molar-refractivity contribution in [3.8, 4) is 0 Å². The fraction of sp³-hybridized carbons (Fsp3) is 0.500. The molecule has 0 spiro atoms. The minimum absolute atomic E-state index is 0. The van der Waals surface area contributed by atoms with Gasteiger partial charge in [-0.1, -0.05) is 0 Å². The number of aliphatic carboxylic acids is 9. The Hall–Kier alpha value is -3.85. The van der Waals surface area contributed by atoms with Gasteiger partial charge in [-0.2, -0.15) is 0 Å². The molecule has 0 amide bonds. The van der Waals surface area contributed by atoms with Crippen molar-refractivity contribution in [2.24, 2.45) is 0 Å². The van der Waals surface area contributed by atoms with Crippen LogP contribution >= 0.6 is 0 Å². The zero-order valence-electron chi connectivity index (χ0n) is 19.8. The first-order valence-corrected chi connectivity index (χ1v) is 9.40. The fourth-order valence-electron chi connectivity index (χ4n) is 2.09. The summed E-state index contributed by atoms with van der Waals surface area (Å²) in [6, 6.07) is 0. The van der Waals surface area contributed by atoms with Crippen molar-refractivity contribution in [2.45, 2.75) is 55.3 Å². The monoisotopic (exact) mass is 682 g/mol. The smallest absolute Gasteiger partial charge is 0.550 e. The number of rotatable bonds is 15. The Morgan fingerprint density at radius 3 is 0.610 bits per heavy atom. The summed E-state index contributed by atoms with van der Waals surface area (Å²) in [6.07, 6.45) is -7.69. The van der Waals surface area contributed by atoms with Gasteiger partial charge in [0, 0.05) is 37.2 Å². The standard InChI is InChI=1S/3C6H8O7.2Fe/c3*7-3(8)1-6(13,5(11)12)2-4(9)10;;/h3*13H,1-2H2,(H,7,8)(H,9,10)(H,11,12);;/q;;;2*+3/p-6. The molecule has 232 valence electrons. The van der Waals surface area contributed by atoms with Gasteiger partial charge < -0.3 is 90.0 Å². The van der Waals surface area contributed by atoms with Crippen LogP contribution in [0.5, 0.6) is 0 Å². The van der Waals surface area contributed by atoms with Gasteiger partial charge >= 0.3 is 52.0 Å². The largest absolute Gasteiger partial charge is 3.00 e. The molecule has 21 nitrogen and oxygen atoms in total. The minimum atomic E-state index is -2.91. The average Bonchev–Trinajstić information content (AvgIpc) is 2.64. The molecule has 0 aliphatic rings. The van der Waals surface area contributed by atoms with Crippen LogP contribution in [0.4, 0.5) is 0 Å². The zero-order chi connectivity index (χ0) is 31.9. The molecule has 0 saturated heterocycles. The molecule has 0 heterocycles. The van der Waals surface area contributed by atoms with Crippen molar-refractivity contribution >= 4 is 53.7 Å². The maximum atomic E-state index is 10.2. The van der Waals surface area contributed by atoms with E-state index in [2.05, 4.69) is 0 Å². The molecule has 0 aromatic carbocycles. The van der Waals surface area contributed by atoms with Crippen LogP contribution in [-0.2, 0) is 77.3 Å². The number of hydrogen-bond acceptors (Lipinski definition) is 18. The second-order valence-corrected chi connectivity index (χ2v) is 7.32. The van der Waals surface area contributed by atoms with Crippen molar-refractivity contribution in [1.82, 2.24) is 0 Å². The van der Waals surface area contributed by atoms with E-state index in [0.29, 0.717) is 0 Å². The first-order chi connectivity index (χ1) is 17.3. The molecule has 3 atom stereocenters. The SMILES string of the molecule is O=C([O-])CC(O)(CC(=O)O)C(=O)[O-].O=C([O-])CC(O)(CC(=O)O)C(=O)[O-].O=C([O-])CC(O)(CC(=O)O)C(=O)[O-].[Fe+3].[Fe+3]. The van der Waals surface area contributed by atoms with Gasteiger partial charge in [-0.05, 0) is 0 Å². The third-order valence-corrected chi connectivity index (χ3v) is 3.78. The van der Waals surface area contributed by atoms with Gasteiger partial charge in [0.25, 0.3) is 0 Å². The number of carboxylic acid groups (broad SMARTS) is 9. The summed E-state index contributed by atoms with van der Waals surface area (Å²) < 4.78 is 0. The fourth-order valence-corrected chi connectivity index (χ4v) is 2.09. The van der Waals surface area contributed by atoms with E-state index in [0.717, 1.165) is 0 Å². The number of aliphatic hydroxyl groups is 3. The van der Waals surface area contributed by atoms with Crippen molar-refractivity contribution in [3.63, 3.8) is 0 Å². The first kappa shape index (κ1) is 47.0. The van der Waals surface area contributed by atoms with Gasteiger partial charge in [-0.25, -0.2) is 0 Å². The van der Waals surface area contributed by atoms with E-state index in [1.807, 2.05) is 0 Å². The summed E-state index contributed by atoms with van der Waals surface area (Å²) in [5.74, 6) is -17.0. The van der Waals surface area contributed by atoms with E-state index < -0.39 is 109 Å². The minimum Gasteiger partial charge on any atom is -0.550 e. The van der Waals surface area contributed by atoms with Gasteiger partial charge in [-0.15, -0.1) is 0 Å². The van der Waals surface area contributed by atoms with E-state index in [4.69, 9.17) is 30.6 Å². The van der Waals surface area contributed by atoms with E-state index in [9.17, 15) is 73.8 Å². The van der Waals surface area contributed by atoms with Crippen LogP contribution in [0.1, 0.15) is 38.5 Å². The molecule has 3 unspecified atom stereocenters. The summed E-state index contributed by atoms with van der Waals surface area (Å²) >= 11 is 0. The van der Waals surface area contributed by atoms with Crippen molar-refractivity contribution in [1.29, 1.82) is 0 Å². The van der Waals surface area contributed by atoms with Gasteiger partial charge in [0.1, 0.15) is 16.8 Å². The molecule has 23 heteroatoms. The molecular weight excluding hydrogens is 664 g/mol. The molecule has 0 aromatic heterocycles. The third kappa shape index (κ3) is 21.6. The van der Waals surface area contributed by atoms with Gasteiger partial charge in [-0.3, -0.25) is 14.4 Å². The van der Waals surface area contributed by atoms with E-state index in [-0.39, 0.29) is 34.1 Å². The van der Waals surface area contributed by atoms with Crippen LogP contribution in [-0.4, -0.2) is 101 Å². The molecule has 0 saturated carbocycles. The van der Waals surface area contributed by atoms with Crippen LogP contribution < -0.4 is 30.6 Å². The predicted octanol–water partition coefficient (Wildman–Crippen LogP) is -11.8. The van der Waals surface area contributed by atoms with Crippen molar-refractivity contribution in [3.05, 3.63) is 0 Å². The Kier molecular flexibility index (Phi) is 23.0. The Morgan fingerprint density at radius 1 is 0.390 bits per heavy atom. The molecule has 41 heavy (non-hydrogen) atoms. The summed E-state index contributed by atoms with van der Waals surface area (Å²) in [4.78, 5) is 90.5. The zero-order valence-corrected chi connectivity index (χ0v) is 22.0. The molecule has 0 rings (SSSR count). The molecule has 0 fully saturated rings. The molecule has 0 aliphatic heterocycles. The summed E-state index contributed by atoms with van der Waals surface area (Å²) in [6.45, 7) is 0. The van der Waals surface area contributed by atoms with Crippen LogP contribution in [0.25, 0.3) is 0 Å². The third-order valence-electron chi connectivity index (χ3n) is 3.78. The molecule has 0 bridgehead atoms. The maximum Gasteiger partial charge on any atom is 3.00 e. The summed E-state index contributed by atoms with van der Waals surface area (Å²) in [5, 5.41) is 112. The van der Waals surface area contributed by atoms with Gasteiger partial charge in [0.2, 0.25) is 0 Å². The number of carbonyl (C=O) groups excluding carboxylic acids is 6. The summed E-state index contributed by atoms with van der Waals surface area (Å²) in [7, 11) is 0. The maximum absolute atomic E-state index is 10.2. The topological polar surface area (TPSA) is 413 Å². The Balaban J connectivity index is -0.000000154. The molecular formula is C18H18Fe2O21. The second kappa shape index (κ2) is 20.1. The molecule has 0 aliphatic carbocycles. The number of carboxylic acids is 9. The number of hydrogen-bond donors (Lipinski definition) is 6. The molecule has 6 N–H and O–H groups in total. The van der Waals surface area contributed by atoms with E-state index in [1.165, 1.54) is 0 Å². The van der Waals surface area contributed by atoms with Crippen LogP contribution in [0.2, 0.25) is 0 Å². The Morgan fingerprint density at radius 2 is 0.537 bits per heavy atom. The molecule has 2 radical (unpaired) electrons. The van der Waals surface area contributed by atoms with Gasteiger partial charge in [0.05, 0.1) is 37.2 Å². The average molecular weight is 682 g/mol. The van der Waals surface area contributed by atoms with E-state index >= 15 is 0 Å². The van der Waals surface area contributed by atoms with Crippen molar-refractivity contribution < 1.29 is 139 Å². The predicted molar refractivity (Wildman–Crippen MR) is 95.5 cm³/mol. The van der Waals surface area contributed by atoms with Crippen LogP contribution in [0.3, 0.4) is 0 Å². The van der Waals surface area contributed by atoms with E-state index in [1.54, 1.807) is 0 Å². The summed E-state index contributed by atoms with van der Waals surface area (Å²) in [5.41, 5.74) is -8.74. The van der Waals surface area contributed by atoms with Gasteiger partial charge in [0.15, 0.2) is 0 Å². The number of carbonyl (C=O) groups is 9. The molecule has 0 aromatic rings. The Labute approximate surface area is 247 Å². The normalized spacial score (nSPS) is 13.8. The quantitative estimate of drug-likeness (QED) is 0.0873. The van der Waals surface area contributed by atoms with Crippen molar-refractivity contribution in [2.75, 3.05) is 0 Å². The Bertz CT molecular complexity index is 817. The second-order valence-electron chi connectivity index (χ2n) is 7.32. The van der Waals surface area contributed by atoms with Crippen LogP contribution in [0, 0.1) is 0 Å². The first-order valence-electron chi connectivity index (χ1n) is 9.40.